The van der Waals surface area contributed by atoms with Crippen molar-refractivity contribution in [2.45, 2.75) is 63.0 Å². The summed E-state index contributed by atoms with van der Waals surface area (Å²) < 4.78 is 2.12. The number of rotatable bonds is 9. The number of hydrogen-bond donors (Lipinski definition) is 3. The number of amides is 3. The van der Waals surface area contributed by atoms with E-state index in [0.29, 0.717) is 0 Å². The van der Waals surface area contributed by atoms with Crippen LogP contribution in [0.4, 0.5) is 4.79 Å². The molecule has 9 heteroatoms. The van der Waals surface area contributed by atoms with Crippen LogP contribution < -0.4 is 15.5 Å². The van der Waals surface area contributed by atoms with Crippen molar-refractivity contribution in [1.29, 1.82) is 0 Å². The van der Waals surface area contributed by atoms with Crippen molar-refractivity contribution in [3.05, 3.63) is 5.82 Å². The molecule has 1 aromatic rings. The fourth-order valence-corrected chi connectivity index (χ4v) is 3.39. The number of nitrogens with zero attached hydrogens (tertiary/aromatic N) is 3. The highest BCUT2D eigenvalue weighted by atomic mass is 32.2. The van der Waals surface area contributed by atoms with Crippen LogP contribution in [-0.4, -0.2) is 53.1 Å². The predicted octanol–water partition coefficient (Wildman–Crippen LogP) is 0.610. The summed E-state index contributed by atoms with van der Waals surface area (Å²) in [5, 5.41) is 13.7. The molecule has 1 heterocycles. The minimum Gasteiger partial charge on any atom is -0.341 e. The maximum atomic E-state index is 12.1. The Morgan fingerprint density at radius 1 is 1.28 bits per heavy atom. The zero-order valence-electron chi connectivity index (χ0n) is 16.0. The zero-order valence-corrected chi connectivity index (χ0v) is 16.9. The van der Waals surface area contributed by atoms with Gasteiger partial charge in [0, 0.05) is 20.0 Å². The van der Waals surface area contributed by atoms with Gasteiger partial charge in [0.05, 0.1) is 19.3 Å². The molecule has 0 unspecified atom stereocenters. The molecule has 3 amide bonds. The summed E-state index contributed by atoms with van der Waals surface area (Å²) in [6, 6.07) is -0.249. The van der Waals surface area contributed by atoms with Crippen LogP contribution in [0.15, 0.2) is 5.16 Å². The molecule has 0 spiro atoms. The van der Waals surface area contributed by atoms with Crippen LogP contribution in [0.2, 0.25) is 0 Å². The summed E-state index contributed by atoms with van der Waals surface area (Å²) in [6.07, 6.45) is 3.06. The Bertz CT molecular complexity index is 575. The van der Waals surface area contributed by atoms with Crippen LogP contribution in [0.5, 0.6) is 0 Å². The first-order chi connectivity index (χ1) is 11.8. The Labute approximate surface area is 154 Å². The first kappa shape index (κ1) is 21.4. The number of carbonyl (C=O) groups excluding carboxylic acids is 2. The first-order valence-electron chi connectivity index (χ1n) is 8.77. The number of carbonyl (C=O) groups is 2. The van der Waals surface area contributed by atoms with Crippen LogP contribution >= 0.6 is 11.8 Å². The lowest BCUT2D eigenvalue weighted by molar-refractivity contribution is -0.893. The molecule has 0 aliphatic heterocycles. The van der Waals surface area contributed by atoms with Gasteiger partial charge in [-0.15, -0.1) is 10.2 Å². The number of imide groups is 1. The second kappa shape index (κ2) is 10.4. The summed E-state index contributed by atoms with van der Waals surface area (Å²) in [6.45, 7) is 6.87. The summed E-state index contributed by atoms with van der Waals surface area (Å²) >= 11 is 1.33. The number of aromatic nitrogens is 3. The number of nitrogens with one attached hydrogen (secondary N) is 3. The fraction of sp³-hybridized carbons (Fsp3) is 0.750. The molecule has 3 N–H and O–H groups in total. The van der Waals surface area contributed by atoms with Crippen molar-refractivity contribution < 1.29 is 14.5 Å². The third-order valence-electron chi connectivity index (χ3n) is 4.01. The van der Waals surface area contributed by atoms with Crippen molar-refractivity contribution in [3.63, 3.8) is 0 Å². The molecule has 2 atom stereocenters. The molecule has 0 saturated heterocycles. The Morgan fingerprint density at radius 3 is 2.48 bits per heavy atom. The number of urea groups is 1. The van der Waals surface area contributed by atoms with E-state index < -0.39 is 11.3 Å². The Morgan fingerprint density at radius 2 is 1.96 bits per heavy atom. The molecule has 0 bridgehead atoms. The van der Waals surface area contributed by atoms with Gasteiger partial charge < -0.3 is 14.8 Å². The molecule has 8 nitrogen and oxygen atoms in total. The molecule has 1 aromatic heterocycles. The molecule has 0 radical (unpaired) electrons. The van der Waals surface area contributed by atoms with Gasteiger partial charge in [-0.2, -0.15) is 0 Å². The SMILES string of the molecule is CCCCn1c(S[C@H](C)C(=O)NC(=O)NC)nnc1[C@@H](CC)[NH+](C)C. The topological polar surface area (TPSA) is 93.4 Å². The van der Waals surface area contributed by atoms with Gasteiger partial charge >= 0.3 is 6.03 Å². The normalized spacial score (nSPS) is 13.6. The second-order valence-electron chi connectivity index (χ2n) is 6.21. The maximum absolute atomic E-state index is 12.1. The van der Waals surface area contributed by atoms with Gasteiger partial charge in [-0.05, 0) is 13.3 Å². The standard InChI is InChI=1S/C16H30N6O2S/c1-7-9-10-22-13(12(8-2)21(5)6)19-20-16(22)25-11(3)14(23)18-15(24)17-4/h11-12H,7-10H2,1-6H3,(H2,17,18,23,24)/p+1/t11-,12-/m1/s1. The molecule has 25 heavy (non-hydrogen) atoms. The zero-order chi connectivity index (χ0) is 19.0. The van der Waals surface area contributed by atoms with Gasteiger partial charge in [0.1, 0.15) is 6.04 Å². The number of thioether (sulfide) groups is 1. The van der Waals surface area contributed by atoms with Gasteiger partial charge in [0.25, 0.3) is 0 Å². The van der Waals surface area contributed by atoms with E-state index >= 15 is 0 Å². The van der Waals surface area contributed by atoms with Crippen LogP contribution in [0.1, 0.15) is 51.9 Å². The van der Waals surface area contributed by atoms with Crippen LogP contribution in [-0.2, 0) is 11.3 Å². The molecule has 1 rings (SSSR count). The summed E-state index contributed by atoms with van der Waals surface area (Å²) in [5.74, 6) is 0.610. The average Bonchev–Trinajstić information content (AvgIpc) is 2.95. The summed E-state index contributed by atoms with van der Waals surface area (Å²) in [5.41, 5.74) is 0. The van der Waals surface area contributed by atoms with Crippen molar-refractivity contribution in [3.8, 4) is 0 Å². The Kier molecular flexibility index (Phi) is 8.91. The maximum Gasteiger partial charge on any atom is 0.321 e. The number of quaternary nitrogens is 1. The molecule has 142 valence electrons. The van der Waals surface area contributed by atoms with E-state index in [1.54, 1.807) is 6.92 Å². The molecule has 0 aliphatic carbocycles. The van der Waals surface area contributed by atoms with Crippen LogP contribution in [0.3, 0.4) is 0 Å². The largest absolute Gasteiger partial charge is 0.341 e. The van der Waals surface area contributed by atoms with Gasteiger partial charge in [-0.1, -0.05) is 32.0 Å². The highest BCUT2D eigenvalue weighted by Gasteiger charge is 2.26. The third-order valence-corrected chi connectivity index (χ3v) is 5.09. The number of hydrogen-bond acceptors (Lipinski definition) is 5. The van der Waals surface area contributed by atoms with Gasteiger partial charge in [-0.25, -0.2) is 4.79 Å². The van der Waals surface area contributed by atoms with E-state index in [2.05, 4.69) is 53.3 Å². The minimum atomic E-state index is -0.507. The smallest absolute Gasteiger partial charge is 0.321 e. The van der Waals surface area contributed by atoms with E-state index in [4.69, 9.17) is 0 Å². The van der Waals surface area contributed by atoms with Crippen LogP contribution in [0.25, 0.3) is 0 Å². The molecule has 0 aliphatic rings. The first-order valence-corrected chi connectivity index (χ1v) is 9.65. The van der Waals surface area contributed by atoms with E-state index in [-0.39, 0.29) is 11.9 Å². The molecule has 0 fully saturated rings. The summed E-state index contributed by atoms with van der Waals surface area (Å²) in [4.78, 5) is 24.7. The van der Waals surface area contributed by atoms with Crippen molar-refractivity contribution >= 4 is 23.7 Å². The number of unbranched alkanes of at least 4 members (excludes halogenated alkanes) is 1. The average molecular weight is 372 g/mol. The minimum absolute atomic E-state index is 0.258. The van der Waals surface area contributed by atoms with Crippen molar-refractivity contribution in [2.75, 3.05) is 21.1 Å². The second-order valence-corrected chi connectivity index (χ2v) is 7.52. The van der Waals surface area contributed by atoms with E-state index in [1.807, 2.05) is 0 Å². The van der Waals surface area contributed by atoms with Crippen LogP contribution in [0, 0.1) is 0 Å². The lowest BCUT2D eigenvalue weighted by Gasteiger charge is -2.20. The van der Waals surface area contributed by atoms with E-state index in [1.165, 1.54) is 23.7 Å². The molecular weight excluding hydrogens is 340 g/mol. The highest BCUT2D eigenvalue weighted by molar-refractivity contribution is 8.00. The Balaban J connectivity index is 3.00. The molecule has 0 saturated carbocycles. The predicted molar refractivity (Wildman–Crippen MR) is 98.7 cm³/mol. The fourth-order valence-electron chi connectivity index (χ4n) is 2.51. The van der Waals surface area contributed by atoms with E-state index in [0.717, 1.165) is 36.8 Å². The van der Waals surface area contributed by atoms with E-state index in [9.17, 15) is 9.59 Å². The van der Waals surface area contributed by atoms with Crippen molar-refractivity contribution in [1.82, 2.24) is 25.4 Å². The highest BCUT2D eigenvalue weighted by Crippen LogP contribution is 2.25. The lowest BCUT2D eigenvalue weighted by atomic mass is 10.2. The third kappa shape index (κ3) is 6.00. The van der Waals surface area contributed by atoms with Gasteiger partial charge in [0.2, 0.25) is 5.91 Å². The molecular formula is C16H31N6O2S+. The van der Waals surface area contributed by atoms with Gasteiger partial charge in [-0.3, -0.25) is 10.1 Å². The lowest BCUT2D eigenvalue weighted by Crippen LogP contribution is -3.06. The van der Waals surface area contributed by atoms with Crippen molar-refractivity contribution in [2.24, 2.45) is 0 Å². The van der Waals surface area contributed by atoms with Gasteiger partial charge in [0.15, 0.2) is 11.0 Å². The Hall–Kier alpha value is -1.61. The molecule has 0 aromatic carbocycles. The quantitative estimate of drug-likeness (QED) is 0.553. The monoisotopic (exact) mass is 371 g/mol. The summed E-state index contributed by atoms with van der Waals surface area (Å²) in [7, 11) is 5.70.